The van der Waals surface area contributed by atoms with Gasteiger partial charge in [0.1, 0.15) is 0 Å². The molecular weight excluding hydrogens is 244 g/mol. The molecular formula is C18H38N2. The molecule has 2 nitrogen and oxygen atoms in total. The lowest BCUT2D eigenvalue weighted by Crippen LogP contribution is -2.50. The van der Waals surface area contributed by atoms with E-state index in [0.29, 0.717) is 5.41 Å². The van der Waals surface area contributed by atoms with E-state index < -0.39 is 0 Å². The van der Waals surface area contributed by atoms with Gasteiger partial charge in [0.25, 0.3) is 0 Å². The van der Waals surface area contributed by atoms with Gasteiger partial charge in [0, 0.05) is 25.2 Å². The van der Waals surface area contributed by atoms with Crippen molar-refractivity contribution in [3.63, 3.8) is 0 Å². The van der Waals surface area contributed by atoms with Crippen LogP contribution in [0.4, 0.5) is 0 Å². The van der Waals surface area contributed by atoms with E-state index in [1.54, 1.807) is 0 Å². The molecule has 1 saturated heterocycles. The summed E-state index contributed by atoms with van der Waals surface area (Å²) in [5, 5.41) is 3.75. The first-order chi connectivity index (χ1) is 9.34. The van der Waals surface area contributed by atoms with Gasteiger partial charge < -0.3 is 10.2 Å². The predicted molar refractivity (Wildman–Crippen MR) is 90.2 cm³/mol. The van der Waals surface area contributed by atoms with Crippen molar-refractivity contribution in [2.75, 3.05) is 26.2 Å². The fourth-order valence-corrected chi connectivity index (χ4v) is 3.33. The summed E-state index contributed by atoms with van der Waals surface area (Å²) in [6, 6.07) is 0. The minimum atomic E-state index is 0.226. The first-order valence-electron chi connectivity index (χ1n) is 8.81. The van der Waals surface area contributed by atoms with E-state index in [-0.39, 0.29) is 5.54 Å². The largest absolute Gasteiger partial charge is 0.311 e. The molecule has 1 rings (SSSR count). The molecule has 0 aromatic rings. The van der Waals surface area contributed by atoms with Crippen LogP contribution in [-0.2, 0) is 0 Å². The lowest BCUT2D eigenvalue weighted by Gasteiger charge is -2.42. The Bertz CT molecular complexity index is 263. The van der Waals surface area contributed by atoms with E-state index in [1.165, 1.54) is 51.7 Å². The first kappa shape index (κ1) is 18.0. The van der Waals surface area contributed by atoms with E-state index in [9.17, 15) is 0 Å². The Hall–Kier alpha value is -0.0800. The van der Waals surface area contributed by atoms with Gasteiger partial charge in [-0.05, 0) is 64.3 Å². The maximum absolute atomic E-state index is 3.75. The summed E-state index contributed by atoms with van der Waals surface area (Å²) in [6.45, 7) is 19.0. The molecule has 2 heteroatoms. The summed E-state index contributed by atoms with van der Waals surface area (Å²) in [5.41, 5.74) is 0.673. The van der Waals surface area contributed by atoms with Gasteiger partial charge in [-0.1, -0.05) is 27.2 Å². The molecule has 0 bridgehead atoms. The van der Waals surface area contributed by atoms with E-state index in [1.807, 2.05) is 0 Å². The van der Waals surface area contributed by atoms with Crippen molar-refractivity contribution in [2.45, 2.75) is 79.2 Å². The first-order valence-corrected chi connectivity index (χ1v) is 8.81. The number of likely N-dealkylation sites (tertiary alicyclic amines) is 1. The van der Waals surface area contributed by atoms with E-state index in [4.69, 9.17) is 0 Å². The topological polar surface area (TPSA) is 15.3 Å². The molecule has 0 radical (unpaired) electrons. The summed E-state index contributed by atoms with van der Waals surface area (Å²) in [6.07, 6.45) is 6.74. The SMILES string of the molecule is CCC1CCCN(CC(CC)(CC)CNC(C)(C)C)C1. The third-order valence-corrected chi connectivity index (χ3v) is 5.23. The molecule has 1 atom stereocenters. The van der Waals surface area contributed by atoms with Crippen molar-refractivity contribution in [2.24, 2.45) is 11.3 Å². The van der Waals surface area contributed by atoms with Crippen LogP contribution in [0.5, 0.6) is 0 Å². The molecule has 0 amide bonds. The fraction of sp³-hybridized carbons (Fsp3) is 1.00. The Morgan fingerprint density at radius 2 is 1.75 bits per heavy atom. The summed E-state index contributed by atoms with van der Waals surface area (Å²) in [4.78, 5) is 2.75. The summed E-state index contributed by atoms with van der Waals surface area (Å²) < 4.78 is 0. The molecule has 1 N–H and O–H groups in total. The van der Waals surface area contributed by atoms with Crippen LogP contribution in [0.15, 0.2) is 0 Å². The molecule has 0 aromatic heterocycles. The van der Waals surface area contributed by atoms with Gasteiger partial charge in [0.05, 0.1) is 0 Å². The second-order valence-electron chi connectivity index (χ2n) is 7.96. The third-order valence-electron chi connectivity index (χ3n) is 5.23. The molecule has 20 heavy (non-hydrogen) atoms. The Labute approximate surface area is 127 Å². The minimum Gasteiger partial charge on any atom is -0.311 e. The molecule has 0 spiro atoms. The van der Waals surface area contributed by atoms with Gasteiger partial charge in [0.15, 0.2) is 0 Å². The molecule has 120 valence electrons. The Balaban J connectivity index is 2.60. The second-order valence-corrected chi connectivity index (χ2v) is 7.96. The van der Waals surface area contributed by atoms with E-state index >= 15 is 0 Å². The molecule has 1 aliphatic rings. The number of hydrogen-bond donors (Lipinski definition) is 1. The maximum Gasteiger partial charge on any atom is 0.00967 e. The zero-order valence-corrected chi connectivity index (χ0v) is 14.9. The normalized spacial score (nSPS) is 22.2. The Morgan fingerprint density at radius 1 is 1.10 bits per heavy atom. The van der Waals surface area contributed by atoms with Crippen LogP contribution in [0.25, 0.3) is 0 Å². The lowest BCUT2D eigenvalue weighted by atomic mass is 9.80. The van der Waals surface area contributed by atoms with Gasteiger partial charge >= 0.3 is 0 Å². The average molecular weight is 283 g/mol. The van der Waals surface area contributed by atoms with Gasteiger partial charge in [-0.2, -0.15) is 0 Å². The van der Waals surface area contributed by atoms with E-state index in [2.05, 4.69) is 51.8 Å². The summed E-state index contributed by atoms with van der Waals surface area (Å²) in [7, 11) is 0. The van der Waals surface area contributed by atoms with Crippen molar-refractivity contribution in [3.05, 3.63) is 0 Å². The molecule has 0 aromatic carbocycles. The highest BCUT2D eigenvalue weighted by Crippen LogP contribution is 2.30. The van der Waals surface area contributed by atoms with E-state index in [0.717, 1.165) is 12.5 Å². The monoisotopic (exact) mass is 282 g/mol. The minimum absolute atomic E-state index is 0.226. The summed E-state index contributed by atoms with van der Waals surface area (Å²) >= 11 is 0. The van der Waals surface area contributed by atoms with Gasteiger partial charge in [-0.3, -0.25) is 0 Å². The number of nitrogens with zero attached hydrogens (tertiary/aromatic N) is 1. The molecule has 0 saturated carbocycles. The maximum atomic E-state index is 3.75. The predicted octanol–water partition coefficient (Wildman–Crippen LogP) is 4.30. The highest BCUT2D eigenvalue weighted by molar-refractivity contribution is 4.87. The molecule has 0 aliphatic carbocycles. The number of hydrogen-bond acceptors (Lipinski definition) is 2. The molecule has 1 heterocycles. The van der Waals surface area contributed by atoms with Crippen molar-refractivity contribution < 1.29 is 0 Å². The number of nitrogens with one attached hydrogen (secondary N) is 1. The molecule has 1 unspecified atom stereocenters. The van der Waals surface area contributed by atoms with Crippen LogP contribution < -0.4 is 5.32 Å². The molecule has 1 fully saturated rings. The fourth-order valence-electron chi connectivity index (χ4n) is 3.33. The average Bonchev–Trinajstić information content (AvgIpc) is 2.43. The van der Waals surface area contributed by atoms with Crippen LogP contribution in [0.1, 0.15) is 73.6 Å². The van der Waals surface area contributed by atoms with Crippen LogP contribution in [0.2, 0.25) is 0 Å². The number of piperidine rings is 1. The molecule has 1 aliphatic heterocycles. The standard InChI is InChI=1S/C18H38N2/c1-7-16-11-10-12-20(13-16)15-18(8-2,9-3)14-19-17(4,5)6/h16,19H,7-15H2,1-6H3. The van der Waals surface area contributed by atoms with Gasteiger partial charge in [-0.15, -0.1) is 0 Å². The smallest absolute Gasteiger partial charge is 0.00967 e. The van der Waals surface area contributed by atoms with Crippen molar-refractivity contribution >= 4 is 0 Å². The zero-order valence-electron chi connectivity index (χ0n) is 14.9. The number of rotatable bonds is 7. The van der Waals surface area contributed by atoms with Gasteiger partial charge in [0.2, 0.25) is 0 Å². The Morgan fingerprint density at radius 3 is 2.25 bits per heavy atom. The highest BCUT2D eigenvalue weighted by Gasteiger charge is 2.31. The van der Waals surface area contributed by atoms with Gasteiger partial charge in [-0.25, -0.2) is 0 Å². The Kier molecular flexibility index (Phi) is 7.00. The van der Waals surface area contributed by atoms with Crippen LogP contribution in [0.3, 0.4) is 0 Å². The van der Waals surface area contributed by atoms with Crippen molar-refractivity contribution in [1.82, 2.24) is 10.2 Å². The zero-order chi connectivity index (χ0) is 15.2. The van der Waals surface area contributed by atoms with Crippen LogP contribution in [0, 0.1) is 11.3 Å². The van der Waals surface area contributed by atoms with Crippen LogP contribution in [-0.4, -0.2) is 36.6 Å². The van der Waals surface area contributed by atoms with Crippen molar-refractivity contribution in [1.29, 1.82) is 0 Å². The second kappa shape index (κ2) is 7.79. The van der Waals surface area contributed by atoms with Crippen LogP contribution >= 0.6 is 0 Å². The van der Waals surface area contributed by atoms with Crippen molar-refractivity contribution in [3.8, 4) is 0 Å². The summed E-state index contributed by atoms with van der Waals surface area (Å²) in [5.74, 6) is 0.936. The quantitative estimate of drug-likeness (QED) is 0.749. The third kappa shape index (κ3) is 5.73. The highest BCUT2D eigenvalue weighted by atomic mass is 15.1. The lowest BCUT2D eigenvalue weighted by molar-refractivity contribution is 0.0881.